The Morgan fingerprint density at radius 1 is 1.50 bits per heavy atom. The molecule has 1 aromatic heterocycles. The van der Waals surface area contributed by atoms with Crippen molar-refractivity contribution in [1.82, 2.24) is 14.5 Å². The Bertz CT molecular complexity index is 320. The molecule has 1 aliphatic heterocycles. The Morgan fingerprint density at radius 3 is 2.94 bits per heavy atom. The molecule has 0 amide bonds. The summed E-state index contributed by atoms with van der Waals surface area (Å²) in [5.41, 5.74) is 0. The van der Waals surface area contributed by atoms with Gasteiger partial charge in [-0.3, -0.25) is 4.90 Å². The molecule has 0 spiro atoms. The van der Waals surface area contributed by atoms with E-state index >= 15 is 0 Å². The molecular weight excluding hydrogens is 204 g/mol. The summed E-state index contributed by atoms with van der Waals surface area (Å²) in [5, 5.41) is 3.10. The molecule has 90 valence electrons. The molecule has 0 aromatic carbocycles. The van der Waals surface area contributed by atoms with Gasteiger partial charge in [0, 0.05) is 45.1 Å². The number of hydrogen-bond acceptors (Lipinski definition) is 4. The third-order valence-corrected chi connectivity index (χ3v) is 2.99. The van der Waals surface area contributed by atoms with E-state index in [0.29, 0.717) is 6.04 Å². The first-order valence-corrected chi connectivity index (χ1v) is 5.82. The first-order chi connectivity index (χ1) is 7.81. The van der Waals surface area contributed by atoms with Gasteiger partial charge in [0.25, 0.3) is 0 Å². The van der Waals surface area contributed by atoms with Crippen LogP contribution in [0.2, 0.25) is 0 Å². The van der Waals surface area contributed by atoms with Crippen LogP contribution in [0.3, 0.4) is 0 Å². The van der Waals surface area contributed by atoms with Crippen molar-refractivity contribution in [2.24, 2.45) is 0 Å². The highest BCUT2D eigenvalue weighted by Crippen LogP contribution is 2.14. The van der Waals surface area contributed by atoms with Crippen molar-refractivity contribution in [3.05, 3.63) is 12.4 Å². The van der Waals surface area contributed by atoms with Crippen molar-refractivity contribution in [2.45, 2.75) is 13.0 Å². The lowest BCUT2D eigenvalue weighted by Crippen LogP contribution is -2.39. The van der Waals surface area contributed by atoms with Gasteiger partial charge in [-0.15, -0.1) is 0 Å². The van der Waals surface area contributed by atoms with Gasteiger partial charge in [-0.05, 0) is 6.92 Å². The molecule has 1 unspecified atom stereocenters. The van der Waals surface area contributed by atoms with Gasteiger partial charge in [0.1, 0.15) is 0 Å². The minimum absolute atomic E-state index is 0.433. The average Bonchev–Trinajstić information content (AvgIpc) is 2.78. The molecule has 0 saturated carbocycles. The van der Waals surface area contributed by atoms with Crippen LogP contribution >= 0.6 is 0 Å². The highest BCUT2D eigenvalue weighted by atomic mass is 16.5. The second-order valence-corrected chi connectivity index (χ2v) is 4.17. The van der Waals surface area contributed by atoms with Gasteiger partial charge in [-0.2, -0.15) is 0 Å². The lowest BCUT2D eigenvalue weighted by Gasteiger charge is -2.29. The van der Waals surface area contributed by atoms with Crippen molar-refractivity contribution in [3.63, 3.8) is 0 Å². The monoisotopic (exact) mass is 224 g/mol. The zero-order valence-electron chi connectivity index (χ0n) is 10.0. The Morgan fingerprint density at radius 2 is 2.25 bits per heavy atom. The van der Waals surface area contributed by atoms with Crippen LogP contribution in [0.1, 0.15) is 13.0 Å². The van der Waals surface area contributed by atoms with E-state index in [0.717, 1.165) is 38.8 Å². The Kier molecular flexibility index (Phi) is 3.79. The number of rotatable bonds is 4. The first-order valence-electron chi connectivity index (χ1n) is 5.82. The summed E-state index contributed by atoms with van der Waals surface area (Å²) in [6, 6.07) is 0.433. The Labute approximate surface area is 96.4 Å². The summed E-state index contributed by atoms with van der Waals surface area (Å²) in [5.74, 6) is 0.931. The van der Waals surface area contributed by atoms with E-state index in [-0.39, 0.29) is 0 Å². The fourth-order valence-electron chi connectivity index (χ4n) is 2.11. The lowest BCUT2D eigenvalue weighted by molar-refractivity contribution is 0.0327. The molecule has 1 fully saturated rings. The van der Waals surface area contributed by atoms with Crippen molar-refractivity contribution in [3.8, 4) is 0 Å². The van der Waals surface area contributed by atoms with E-state index in [1.165, 1.54) is 0 Å². The molecule has 1 aliphatic rings. The molecule has 1 aromatic rings. The van der Waals surface area contributed by atoms with Crippen LogP contribution in [0.5, 0.6) is 0 Å². The van der Waals surface area contributed by atoms with Crippen LogP contribution in [-0.4, -0.2) is 54.3 Å². The minimum atomic E-state index is 0.433. The first kappa shape index (κ1) is 11.4. The summed E-state index contributed by atoms with van der Waals surface area (Å²) in [6.07, 6.45) is 3.86. The molecule has 0 bridgehead atoms. The average molecular weight is 224 g/mol. The maximum atomic E-state index is 5.34. The maximum absolute atomic E-state index is 5.34. The zero-order valence-corrected chi connectivity index (χ0v) is 10.0. The summed E-state index contributed by atoms with van der Waals surface area (Å²) in [4.78, 5) is 6.70. The number of morpholine rings is 1. The predicted molar refractivity (Wildman–Crippen MR) is 63.7 cm³/mol. The van der Waals surface area contributed by atoms with Crippen LogP contribution in [0.25, 0.3) is 0 Å². The van der Waals surface area contributed by atoms with Crippen molar-refractivity contribution >= 4 is 5.95 Å². The number of nitrogens with zero attached hydrogens (tertiary/aromatic N) is 3. The van der Waals surface area contributed by atoms with E-state index in [4.69, 9.17) is 4.74 Å². The van der Waals surface area contributed by atoms with E-state index < -0.39 is 0 Å². The third kappa shape index (κ3) is 2.54. The SMILES string of the molecule is CNc1nccn1C(C)CN1CCOCC1. The van der Waals surface area contributed by atoms with Crippen LogP contribution in [0.4, 0.5) is 5.95 Å². The number of anilines is 1. The van der Waals surface area contributed by atoms with Crippen molar-refractivity contribution in [2.75, 3.05) is 45.2 Å². The molecule has 1 N–H and O–H groups in total. The summed E-state index contributed by atoms with van der Waals surface area (Å²) < 4.78 is 7.52. The van der Waals surface area contributed by atoms with Crippen LogP contribution in [-0.2, 0) is 4.74 Å². The highest BCUT2D eigenvalue weighted by molar-refractivity contribution is 5.25. The topological polar surface area (TPSA) is 42.3 Å². The molecular formula is C11H20N4O. The number of nitrogens with one attached hydrogen (secondary N) is 1. The van der Waals surface area contributed by atoms with E-state index in [1.54, 1.807) is 0 Å². The van der Waals surface area contributed by atoms with Crippen molar-refractivity contribution < 1.29 is 4.74 Å². The van der Waals surface area contributed by atoms with Gasteiger partial charge >= 0.3 is 0 Å². The standard InChI is InChI=1S/C11H20N4O/c1-10(9-14-5-7-16-8-6-14)15-4-3-13-11(15)12-2/h3-4,10H,5-9H2,1-2H3,(H,12,13). The maximum Gasteiger partial charge on any atom is 0.202 e. The molecule has 1 saturated heterocycles. The van der Waals surface area contributed by atoms with E-state index in [9.17, 15) is 0 Å². The number of aromatic nitrogens is 2. The normalized spacial score (nSPS) is 19.6. The number of imidazole rings is 1. The highest BCUT2D eigenvalue weighted by Gasteiger charge is 2.15. The number of hydrogen-bond donors (Lipinski definition) is 1. The van der Waals surface area contributed by atoms with Gasteiger partial charge in [-0.25, -0.2) is 4.98 Å². The third-order valence-electron chi connectivity index (χ3n) is 2.99. The summed E-state index contributed by atoms with van der Waals surface area (Å²) in [7, 11) is 1.90. The fourth-order valence-corrected chi connectivity index (χ4v) is 2.11. The van der Waals surface area contributed by atoms with Gasteiger partial charge in [0.15, 0.2) is 0 Å². The van der Waals surface area contributed by atoms with Gasteiger partial charge < -0.3 is 14.6 Å². The zero-order chi connectivity index (χ0) is 11.4. The van der Waals surface area contributed by atoms with Crippen molar-refractivity contribution in [1.29, 1.82) is 0 Å². The minimum Gasteiger partial charge on any atom is -0.379 e. The van der Waals surface area contributed by atoms with Crippen LogP contribution < -0.4 is 5.32 Å². The quantitative estimate of drug-likeness (QED) is 0.822. The Hall–Kier alpha value is -1.07. The lowest BCUT2D eigenvalue weighted by atomic mass is 10.3. The number of ether oxygens (including phenoxy) is 1. The largest absolute Gasteiger partial charge is 0.379 e. The van der Waals surface area contributed by atoms with Crippen LogP contribution in [0.15, 0.2) is 12.4 Å². The smallest absolute Gasteiger partial charge is 0.202 e. The second-order valence-electron chi connectivity index (χ2n) is 4.17. The fraction of sp³-hybridized carbons (Fsp3) is 0.727. The molecule has 0 radical (unpaired) electrons. The van der Waals surface area contributed by atoms with Gasteiger partial charge in [0.05, 0.1) is 13.2 Å². The van der Waals surface area contributed by atoms with Gasteiger partial charge in [-0.1, -0.05) is 0 Å². The molecule has 0 aliphatic carbocycles. The van der Waals surface area contributed by atoms with E-state index in [1.807, 2.05) is 19.4 Å². The molecule has 5 heteroatoms. The van der Waals surface area contributed by atoms with Gasteiger partial charge in [0.2, 0.25) is 5.95 Å². The summed E-state index contributed by atoms with van der Waals surface area (Å²) >= 11 is 0. The molecule has 16 heavy (non-hydrogen) atoms. The molecule has 1 atom stereocenters. The molecule has 2 heterocycles. The Balaban J connectivity index is 1.93. The van der Waals surface area contributed by atoms with Crippen LogP contribution in [0, 0.1) is 0 Å². The second kappa shape index (κ2) is 5.32. The van der Waals surface area contributed by atoms with E-state index in [2.05, 4.69) is 26.7 Å². The predicted octanol–water partition coefficient (Wildman–Crippen LogP) is 0.818. The summed E-state index contributed by atoms with van der Waals surface area (Å²) in [6.45, 7) is 7.05. The molecule has 2 rings (SSSR count). The molecule has 5 nitrogen and oxygen atoms in total.